The zero-order chi connectivity index (χ0) is 13.8. The molecule has 0 unspecified atom stereocenters. The second-order valence-corrected chi connectivity index (χ2v) is 3.73. The minimum absolute atomic E-state index is 0.230. The molecule has 1 heterocycles. The fraction of sp³-hybridized carbons (Fsp3) is 0.0833. The SMILES string of the molecule is COC(=O)c1cccc(NC(=O)c2cc(N)n[nH]2)c1. The van der Waals surface area contributed by atoms with Crippen LogP contribution in [-0.2, 0) is 4.74 Å². The Labute approximate surface area is 108 Å². The van der Waals surface area contributed by atoms with Gasteiger partial charge in [0.25, 0.3) is 5.91 Å². The molecule has 0 bridgehead atoms. The van der Waals surface area contributed by atoms with Crippen molar-refractivity contribution >= 4 is 23.4 Å². The van der Waals surface area contributed by atoms with Gasteiger partial charge in [0.1, 0.15) is 11.5 Å². The van der Waals surface area contributed by atoms with Gasteiger partial charge in [0.2, 0.25) is 0 Å². The van der Waals surface area contributed by atoms with Crippen LogP contribution in [0.3, 0.4) is 0 Å². The number of ether oxygens (including phenoxy) is 1. The molecule has 98 valence electrons. The molecule has 0 atom stereocenters. The maximum absolute atomic E-state index is 11.8. The molecule has 0 aliphatic carbocycles. The van der Waals surface area contributed by atoms with E-state index in [1.165, 1.54) is 19.2 Å². The molecular formula is C12H12N4O3. The molecule has 1 aromatic carbocycles. The summed E-state index contributed by atoms with van der Waals surface area (Å²) < 4.78 is 4.60. The number of amides is 1. The summed E-state index contributed by atoms with van der Waals surface area (Å²) in [6.07, 6.45) is 0. The summed E-state index contributed by atoms with van der Waals surface area (Å²) in [4.78, 5) is 23.2. The lowest BCUT2D eigenvalue weighted by Gasteiger charge is -2.05. The van der Waals surface area contributed by atoms with Crippen molar-refractivity contribution in [2.45, 2.75) is 0 Å². The third-order valence-electron chi connectivity index (χ3n) is 2.38. The van der Waals surface area contributed by atoms with Gasteiger partial charge in [-0.15, -0.1) is 0 Å². The number of aromatic amines is 1. The van der Waals surface area contributed by atoms with Gasteiger partial charge in [-0.05, 0) is 18.2 Å². The van der Waals surface area contributed by atoms with Crippen molar-refractivity contribution in [3.63, 3.8) is 0 Å². The fourth-order valence-electron chi connectivity index (χ4n) is 1.49. The smallest absolute Gasteiger partial charge is 0.337 e. The number of H-pyrrole nitrogens is 1. The van der Waals surface area contributed by atoms with E-state index in [1.54, 1.807) is 18.2 Å². The number of nitrogens with two attached hydrogens (primary N) is 1. The molecule has 0 aliphatic rings. The van der Waals surface area contributed by atoms with Gasteiger partial charge in [0, 0.05) is 11.8 Å². The van der Waals surface area contributed by atoms with Crippen molar-refractivity contribution in [3.8, 4) is 0 Å². The molecule has 0 radical (unpaired) electrons. The van der Waals surface area contributed by atoms with E-state index >= 15 is 0 Å². The predicted octanol–water partition coefficient (Wildman–Crippen LogP) is 1.03. The summed E-state index contributed by atoms with van der Waals surface area (Å²) in [5, 5.41) is 8.77. The molecule has 2 rings (SSSR count). The summed E-state index contributed by atoms with van der Waals surface area (Å²) in [5.41, 5.74) is 6.47. The average Bonchev–Trinajstić information content (AvgIpc) is 2.85. The lowest BCUT2D eigenvalue weighted by atomic mass is 10.2. The number of nitrogens with one attached hydrogen (secondary N) is 2. The molecule has 0 spiro atoms. The van der Waals surface area contributed by atoms with E-state index in [2.05, 4.69) is 20.3 Å². The molecule has 19 heavy (non-hydrogen) atoms. The fourth-order valence-corrected chi connectivity index (χ4v) is 1.49. The Morgan fingerprint density at radius 1 is 1.37 bits per heavy atom. The molecule has 0 saturated heterocycles. The summed E-state index contributed by atoms with van der Waals surface area (Å²) in [5.74, 6) is -0.637. The van der Waals surface area contributed by atoms with Crippen molar-refractivity contribution in [2.24, 2.45) is 0 Å². The zero-order valence-electron chi connectivity index (χ0n) is 10.1. The Balaban J connectivity index is 2.15. The zero-order valence-corrected chi connectivity index (χ0v) is 10.1. The lowest BCUT2D eigenvalue weighted by Crippen LogP contribution is -2.13. The standard InChI is InChI=1S/C12H12N4O3/c1-19-12(18)7-3-2-4-8(5-7)14-11(17)9-6-10(13)16-15-9/h2-6H,1H3,(H,14,17)(H3,13,15,16). The van der Waals surface area contributed by atoms with Gasteiger partial charge in [-0.2, -0.15) is 5.10 Å². The van der Waals surface area contributed by atoms with E-state index in [1.807, 2.05) is 0 Å². The second-order valence-electron chi connectivity index (χ2n) is 3.73. The van der Waals surface area contributed by atoms with Crippen LogP contribution in [0.5, 0.6) is 0 Å². The first-order chi connectivity index (χ1) is 9.10. The molecule has 0 aliphatic heterocycles. The van der Waals surface area contributed by atoms with Crippen LogP contribution < -0.4 is 11.1 Å². The van der Waals surface area contributed by atoms with Crippen molar-refractivity contribution < 1.29 is 14.3 Å². The van der Waals surface area contributed by atoms with Crippen LogP contribution >= 0.6 is 0 Å². The van der Waals surface area contributed by atoms with Crippen LogP contribution in [0, 0.1) is 0 Å². The monoisotopic (exact) mass is 260 g/mol. The summed E-state index contributed by atoms with van der Waals surface area (Å²) in [6, 6.07) is 7.83. The third-order valence-corrected chi connectivity index (χ3v) is 2.38. The van der Waals surface area contributed by atoms with Crippen molar-refractivity contribution in [3.05, 3.63) is 41.6 Å². The highest BCUT2D eigenvalue weighted by molar-refractivity contribution is 6.03. The number of hydrogen-bond acceptors (Lipinski definition) is 5. The Bertz CT molecular complexity index is 621. The van der Waals surface area contributed by atoms with Gasteiger partial charge in [0.05, 0.1) is 12.7 Å². The Hall–Kier alpha value is -2.83. The number of hydrogen-bond donors (Lipinski definition) is 3. The molecule has 2 aromatic rings. The third kappa shape index (κ3) is 2.89. The van der Waals surface area contributed by atoms with Gasteiger partial charge in [-0.25, -0.2) is 4.79 Å². The van der Waals surface area contributed by atoms with E-state index < -0.39 is 11.9 Å². The number of aromatic nitrogens is 2. The topological polar surface area (TPSA) is 110 Å². The highest BCUT2D eigenvalue weighted by atomic mass is 16.5. The first-order valence-electron chi connectivity index (χ1n) is 5.41. The van der Waals surface area contributed by atoms with E-state index in [4.69, 9.17) is 5.73 Å². The lowest BCUT2D eigenvalue weighted by molar-refractivity contribution is 0.0600. The summed E-state index contributed by atoms with van der Waals surface area (Å²) in [6.45, 7) is 0. The van der Waals surface area contributed by atoms with Crippen LogP contribution in [0.15, 0.2) is 30.3 Å². The van der Waals surface area contributed by atoms with Gasteiger partial charge < -0.3 is 15.8 Å². The number of benzene rings is 1. The Kier molecular flexibility index (Phi) is 3.46. The van der Waals surface area contributed by atoms with Gasteiger partial charge in [-0.1, -0.05) is 6.07 Å². The van der Waals surface area contributed by atoms with Crippen LogP contribution in [0.1, 0.15) is 20.8 Å². The number of methoxy groups -OCH3 is 1. The number of nitrogen functional groups attached to an aromatic ring is 1. The van der Waals surface area contributed by atoms with Gasteiger partial charge >= 0.3 is 5.97 Å². The number of rotatable bonds is 3. The molecule has 7 heteroatoms. The highest BCUT2D eigenvalue weighted by Gasteiger charge is 2.11. The minimum atomic E-state index is -0.470. The number of nitrogens with zero attached hydrogens (tertiary/aromatic N) is 1. The van der Waals surface area contributed by atoms with E-state index in [0.717, 1.165) is 0 Å². The maximum Gasteiger partial charge on any atom is 0.337 e. The van der Waals surface area contributed by atoms with Crippen LogP contribution in [0.4, 0.5) is 11.5 Å². The molecule has 0 saturated carbocycles. The summed E-state index contributed by atoms with van der Waals surface area (Å²) >= 11 is 0. The Morgan fingerprint density at radius 2 is 2.16 bits per heavy atom. The van der Waals surface area contributed by atoms with E-state index in [9.17, 15) is 9.59 Å². The van der Waals surface area contributed by atoms with Crippen LogP contribution in [-0.4, -0.2) is 29.2 Å². The van der Waals surface area contributed by atoms with Crippen molar-refractivity contribution in [2.75, 3.05) is 18.2 Å². The molecular weight excluding hydrogens is 248 g/mol. The number of esters is 1. The normalized spacial score (nSPS) is 9.95. The quantitative estimate of drug-likeness (QED) is 0.714. The Morgan fingerprint density at radius 3 is 2.79 bits per heavy atom. The van der Waals surface area contributed by atoms with Gasteiger partial charge in [-0.3, -0.25) is 9.89 Å². The number of carbonyl (C=O) groups is 2. The number of anilines is 2. The van der Waals surface area contributed by atoms with Crippen LogP contribution in [0.2, 0.25) is 0 Å². The van der Waals surface area contributed by atoms with E-state index in [-0.39, 0.29) is 11.5 Å². The van der Waals surface area contributed by atoms with Crippen molar-refractivity contribution in [1.29, 1.82) is 0 Å². The molecule has 0 fully saturated rings. The first kappa shape index (κ1) is 12.6. The second kappa shape index (κ2) is 5.21. The predicted molar refractivity (Wildman–Crippen MR) is 68.7 cm³/mol. The molecule has 1 aromatic heterocycles. The highest BCUT2D eigenvalue weighted by Crippen LogP contribution is 2.13. The maximum atomic E-state index is 11.8. The molecule has 4 N–H and O–H groups in total. The van der Waals surface area contributed by atoms with E-state index in [0.29, 0.717) is 11.3 Å². The largest absolute Gasteiger partial charge is 0.465 e. The minimum Gasteiger partial charge on any atom is -0.465 e. The van der Waals surface area contributed by atoms with Crippen molar-refractivity contribution in [1.82, 2.24) is 10.2 Å². The average molecular weight is 260 g/mol. The van der Waals surface area contributed by atoms with Crippen LogP contribution in [0.25, 0.3) is 0 Å². The molecule has 1 amide bonds. The number of carbonyl (C=O) groups excluding carboxylic acids is 2. The van der Waals surface area contributed by atoms with Gasteiger partial charge in [0.15, 0.2) is 0 Å². The summed E-state index contributed by atoms with van der Waals surface area (Å²) in [7, 11) is 1.29. The molecule has 7 nitrogen and oxygen atoms in total. The first-order valence-corrected chi connectivity index (χ1v) is 5.41.